The molecule has 0 bridgehead atoms. The van der Waals surface area contributed by atoms with E-state index in [9.17, 15) is 0 Å². The topological polar surface area (TPSA) is 29.3 Å². The van der Waals surface area contributed by atoms with Crippen LogP contribution in [0.5, 0.6) is 0 Å². The minimum atomic E-state index is 0.390. The first-order chi connectivity index (χ1) is 8.65. The number of nitrogens with zero attached hydrogens (tertiary/aromatic N) is 1. The summed E-state index contributed by atoms with van der Waals surface area (Å²) in [4.78, 5) is 2.45. The van der Waals surface area contributed by atoms with Gasteiger partial charge in [0, 0.05) is 41.3 Å². The molecule has 4 heteroatoms. The van der Waals surface area contributed by atoms with E-state index in [-0.39, 0.29) is 0 Å². The average Bonchev–Trinajstić information content (AvgIpc) is 2.87. The number of hydrogen-bond donors (Lipinski definition) is 1. The van der Waals surface area contributed by atoms with Crippen molar-refractivity contribution < 1.29 is 0 Å². The molecule has 1 aliphatic carbocycles. The van der Waals surface area contributed by atoms with Crippen molar-refractivity contribution in [3.8, 4) is 0 Å². The van der Waals surface area contributed by atoms with E-state index >= 15 is 0 Å². The third kappa shape index (κ3) is 2.27. The molecule has 0 aromatic heterocycles. The lowest BCUT2D eigenvalue weighted by Crippen LogP contribution is -2.30. The van der Waals surface area contributed by atoms with Crippen LogP contribution in [-0.2, 0) is 6.54 Å². The summed E-state index contributed by atoms with van der Waals surface area (Å²) in [7, 11) is 0. The highest BCUT2D eigenvalue weighted by Crippen LogP contribution is 2.38. The molecule has 1 aliphatic heterocycles. The lowest BCUT2D eigenvalue weighted by atomic mass is 9.98. The largest absolute Gasteiger partial charge is 0.327 e. The molecule has 0 spiro atoms. The molecule has 18 heavy (non-hydrogen) atoms. The molecule has 3 rings (SSSR count). The molecule has 2 N–H and O–H groups in total. The van der Waals surface area contributed by atoms with Crippen LogP contribution in [0, 0.1) is 11.8 Å². The Hall–Kier alpha value is -0.280. The van der Waals surface area contributed by atoms with Gasteiger partial charge in [0.25, 0.3) is 0 Å². The molecule has 98 valence electrons. The maximum Gasteiger partial charge on any atom is 0.0465 e. The van der Waals surface area contributed by atoms with Gasteiger partial charge in [-0.05, 0) is 36.8 Å². The Balaban J connectivity index is 1.72. The Morgan fingerprint density at radius 2 is 1.89 bits per heavy atom. The Bertz CT molecular complexity index is 429. The lowest BCUT2D eigenvalue weighted by Gasteiger charge is -2.19. The summed E-state index contributed by atoms with van der Waals surface area (Å²) in [5, 5.41) is 1.53. The number of benzene rings is 1. The number of nitrogens with two attached hydrogens (primary N) is 1. The minimum absolute atomic E-state index is 0.390. The highest BCUT2D eigenvalue weighted by atomic mass is 35.5. The molecular weight excluding hydrogens is 267 g/mol. The lowest BCUT2D eigenvalue weighted by molar-refractivity contribution is 0.298. The molecule has 1 saturated heterocycles. The van der Waals surface area contributed by atoms with Crippen molar-refractivity contribution in [2.75, 3.05) is 13.1 Å². The van der Waals surface area contributed by atoms with E-state index in [1.807, 2.05) is 18.2 Å². The van der Waals surface area contributed by atoms with E-state index in [1.54, 1.807) is 0 Å². The predicted octanol–water partition coefficient (Wildman–Crippen LogP) is 3.16. The van der Waals surface area contributed by atoms with Crippen LogP contribution in [0.15, 0.2) is 18.2 Å². The van der Waals surface area contributed by atoms with Gasteiger partial charge in [0.2, 0.25) is 0 Å². The maximum atomic E-state index is 6.22. The first kappa shape index (κ1) is 12.7. The molecule has 2 aliphatic rings. The van der Waals surface area contributed by atoms with E-state index in [2.05, 4.69) is 4.90 Å². The van der Waals surface area contributed by atoms with Crippen molar-refractivity contribution in [3.63, 3.8) is 0 Å². The summed E-state index contributed by atoms with van der Waals surface area (Å²) < 4.78 is 0. The van der Waals surface area contributed by atoms with Crippen molar-refractivity contribution in [1.82, 2.24) is 4.90 Å². The number of hydrogen-bond acceptors (Lipinski definition) is 2. The number of likely N-dealkylation sites (tertiary alicyclic amines) is 1. The van der Waals surface area contributed by atoms with Crippen molar-refractivity contribution in [2.24, 2.45) is 17.6 Å². The predicted molar refractivity (Wildman–Crippen MR) is 75.9 cm³/mol. The van der Waals surface area contributed by atoms with E-state index in [0.717, 1.165) is 41.2 Å². The Morgan fingerprint density at radius 3 is 2.56 bits per heavy atom. The van der Waals surface area contributed by atoms with Gasteiger partial charge in [0.15, 0.2) is 0 Å². The second-order valence-corrected chi connectivity index (χ2v) is 6.37. The molecule has 2 fully saturated rings. The van der Waals surface area contributed by atoms with Crippen LogP contribution in [-0.4, -0.2) is 24.0 Å². The molecule has 0 radical (unpaired) electrons. The number of fused-ring (bicyclic) bond motifs is 1. The fraction of sp³-hybridized carbons (Fsp3) is 0.571. The third-order valence-electron chi connectivity index (χ3n) is 4.43. The maximum absolute atomic E-state index is 6.22. The van der Waals surface area contributed by atoms with Gasteiger partial charge in [-0.15, -0.1) is 0 Å². The molecule has 1 aromatic carbocycles. The zero-order chi connectivity index (χ0) is 12.7. The first-order valence-corrected chi connectivity index (χ1v) is 7.31. The third-order valence-corrected chi connectivity index (χ3v) is 5.14. The quantitative estimate of drug-likeness (QED) is 0.904. The normalized spacial score (nSPS) is 31.8. The van der Waals surface area contributed by atoms with Crippen LogP contribution >= 0.6 is 23.2 Å². The highest BCUT2D eigenvalue weighted by Gasteiger charge is 2.40. The summed E-state index contributed by atoms with van der Waals surface area (Å²) in [5.41, 5.74) is 7.21. The van der Waals surface area contributed by atoms with Crippen molar-refractivity contribution in [2.45, 2.75) is 25.4 Å². The summed E-state index contributed by atoms with van der Waals surface area (Å²) in [5.74, 6) is 1.45. The Kier molecular flexibility index (Phi) is 3.55. The molecule has 1 saturated carbocycles. The molecule has 3 atom stereocenters. The summed E-state index contributed by atoms with van der Waals surface area (Å²) >= 11 is 12.4. The van der Waals surface area contributed by atoms with E-state index in [0.29, 0.717) is 12.0 Å². The zero-order valence-electron chi connectivity index (χ0n) is 10.3. The van der Waals surface area contributed by atoms with Crippen molar-refractivity contribution >= 4 is 23.2 Å². The molecule has 3 unspecified atom stereocenters. The van der Waals surface area contributed by atoms with Crippen LogP contribution in [0.2, 0.25) is 10.0 Å². The van der Waals surface area contributed by atoms with Gasteiger partial charge < -0.3 is 5.73 Å². The SMILES string of the molecule is NC1CCC2CN(Cc3c(Cl)cccc3Cl)CC12. The van der Waals surface area contributed by atoms with Crippen molar-refractivity contribution in [3.05, 3.63) is 33.8 Å². The standard InChI is InChI=1S/C14H18Cl2N2/c15-12-2-1-3-13(16)11(12)8-18-6-9-4-5-14(17)10(9)7-18/h1-3,9-10,14H,4-8,17H2. The van der Waals surface area contributed by atoms with E-state index in [4.69, 9.17) is 28.9 Å². The van der Waals surface area contributed by atoms with Gasteiger partial charge >= 0.3 is 0 Å². The van der Waals surface area contributed by atoms with Gasteiger partial charge in [0.05, 0.1) is 0 Å². The summed E-state index contributed by atoms with van der Waals surface area (Å²) in [6.45, 7) is 3.07. The van der Waals surface area contributed by atoms with Crippen LogP contribution in [0.4, 0.5) is 0 Å². The fourth-order valence-electron chi connectivity index (χ4n) is 3.44. The molecule has 0 amide bonds. The zero-order valence-corrected chi connectivity index (χ0v) is 11.8. The molecule has 1 heterocycles. The Morgan fingerprint density at radius 1 is 1.17 bits per heavy atom. The summed E-state index contributed by atoms with van der Waals surface area (Å²) in [6.07, 6.45) is 2.47. The molecule has 1 aromatic rings. The van der Waals surface area contributed by atoms with E-state index < -0.39 is 0 Å². The van der Waals surface area contributed by atoms with E-state index in [1.165, 1.54) is 12.8 Å². The van der Waals surface area contributed by atoms with Crippen LogP contribution in [0.1, 0.15) is 18.4 Å². The molecule has 2 nitrogen and oxygen atoms in total. The monoisotopic (exact) mass is 284 g/mol. The second kappa shape index (κ2) is 5.01. The molecular formula is C14H18Cl2N2. The minimum Gasteiger partial charge on any atom is -0.327 e. The van der Waals surface area contributed by atoms with Gasteiger partial charge in [-0.2, -0.15) is 0 Å². The summed E-state index contributed by atoms with van der Waals surface area (Å²) in [6, 6.07) is 6.10. The van der Waals surface area contributed by atoms with Crippen LogP contribution < -0.4 is 5.73 Å². The van der Waals surface area contributed by atoms with Crippen molar-refractivity contribution in [1.29, 1.82) is 0 Å². The fourth-order valence-corrected chi connectivity index (χ4v) is 3.95. The van der Waals surface area contributed by atoms with Gasteiger partial charge in [-0.25, -0.2) is 0 Å². The first-order valence-electron chi connectivity index (χ1n) is 6.56. The number of halogens is 2. The average molecular weight is 285 g/mol. The number of rotatable bonds is 2. The second-order valence-electron chi connectivity index (χ2n) is 5.56. The van der Waals surface area contributed by atoms with Crippen LogP contribution in [0.3, 0.4) is 0 Å². The van der Waals surface area contributed by atoms with Gasteiger partial charge in [-0.3, -0.25) is 4.90 Å². The van der Waals surface area contributed by atoms with Crippen LogP contribution in [0.25, 0.3) is 0 Å². The highest BCUT2D eigenvalue weighted by molar-refractivity contribution is 6.35. The smallest absolute Gasteiger partial charge is 0.0465 e. The Labute approximate surface area is 118 Å². The van der Waals surface area contributed by atoms with Gasteiger partial charge in [0.1, 0.15) is 0 Å². The van der Waals surface area contributed by atoms with Gasteiger partial charge in [-0.1, -0.05) is 29.3 Å².